The number of nitrogens with zero attached hydrogens (tertiary/aromatic N) is 1. The van der Waals surface area contributed by atoms with E-state index >= 15 is 0 Å². The molecule has 3 rings (SSSR count). The lowest BCUT2D eigenvalue weighted by molar-refractivity contribution is -0.156. The molecule has 0 spiro atoms. The number of hydrogen-bond acceptors (Lipinski definition) is 9. The molecule has 2 atom stereocenters. The van der Waals surface area contributed by atoms with Crippen molar-refractivity contribution in [2.24, 2.45) is 4.99 Å². The van der Waals surface area contributed by atoms with Gasteiger partial charge in [0, 0.05) is 32.3 Å². The van der Waals surface area contributed by atoms with E-state index in [0.29, 0.717) is 44.9 Å². The van der Waals surface area contributed by atoms with Crippen molar-refractivity contribution < 1.29 is 51.2 Å². The molecule has 2 aliphatic rings. The van der Waals surface area contributed by atoms with Gasteiger partial charge in [-0.1, -0.05) is 36.4 Å². The Morgan fingerprint density at radius 1 is 0.809 bits per heavy atom. The molecule has 1 aromatic carbocycles. The molecule has 3 amide bonds. The summed E-state index contributed by atoms with van der Waals surface area (Å²) in [6, 6.07) is 5.68. The number of carbonyl (C=O) groups excluding carboxylic acids is 3. The van der Waals surface area contributed by atoms with E-state index in [-0.39, 0.29) is 57.0 Å². The first-order valence-corrected chi connectivity index (χ1v) is 15.9. The van der Waals surface area contributed by atoms with E-state index in [9.17, 15) is 27.6 Å². The Labute approximate surface area is 272 Å². The molecule has 262 valence electrons. The molecule has 0 saturated carbocycles. The highest BCUT2D eigenvalue weighted by atomic mass is 19.4. The van der Waals surface area contributed by atoms with Gasteiger partial charge in [0.2, 0.25) is 11.4 Å². The Kier molecular flexibility index (Phi) is 16.5. The van der Waals surface area contributed by atoms with Crippen molar-refractivity contribution in [2.75, 3.05) is 59.3 Å². The van der Waals surface area contributed by atoms with Crippen molar-refractivity contribution in [3.05, 3.63) is 47.5 Å². The Morgan fingerprint density at radius 3 is 2.13 bits per heavy atom. The topological polar surface area (TPSA) is 146 Å². The highest BCUT2D eigenvalue weighted by Gasteiger charge is 2.61. The van der Waals surface area contributed by atoms with Crippen molar-refractivity contribution in [3.63, 3.8) is 0 Å². The highest BCUT2D eigenvalue weighted by molar-refractivity contribution is 5.87. The number of aliphatic imine (C=N–C) groups is 1. The standard InChI is InChI=1S/C32H45F3N4O8/c33-32(34,35)31(24-39-31)26-11-9-25(10-12-26)23-38-29(41)46-22-21-45-20-19-44-18-17-43-16-13-28(40)36-14-6-15-37-30(42)47-27-7-4-2-1-3-5-8-27/h1-2,9-12,24,27H,3-8,13-23H2,(H,36,40)(H,37,42)(H,38,41)/b2-1+. The van der Waals surface area contributed by atoms with Crippen LogP contribution in [0.3, 0.4) is 0 Å². The quantitative estimate of drug-likeness (QED) is 0.138. The molecular formula is C32H45F3N4O8. The van der Waals surface area contributed by atoms with Crippen LogP contribution in [0, 0.1) is 0 Å². The van der Waals surface area contributed by atoms with Crippen LogP contribution in [0.15, 0.2) is 41.4 Å². The fourth-order valence-corrected chi connectivity index (χ4v) is 4.56. The Bertz CT molecular complexity index is 1160. The molecule has 47 heavy (non-hydrogen) atoms. The monoisotopic (exact) mass is 670 g/mol. The van der Waals surface area contributed by atoms with Crippen LogP contribution in [-0.4, -0.2) is 95.9 Å². The lowest BCUT2D eigenvalue weighted by Crippen LogP contribution is -2.32. The second-order valence-corrected chi connectivity index (χ2v) is 10.9. The average molecular weight is 671 g/mol. The van der Waals surface area contributed by atoms with E-state index in [0.717, 1.165) is 38.3 Å². The first-order chi connectivity index (χ1) is 22.7. The van der Waals surface area contributed by atoms with E-state index in [1.807, 2.05) is 0 Å². The Morgan fingerprint density at radius 2 is 1.45 bits per heavy atom. The molecule has 1 aliphatic carbocycles. The summed E-state index contributed by atoms with van der Waals surface area (Å²) in [4.78, 5) is 39.1. The third kappa shape index (κ3) is 14.7. The van der Waals surface area contributed by atoms with Crippen LogP contribution in [0.4, 0.5) is 22.8 Å². The molecule has 0 radical (unpaired) electrons. The van der Waals surface area contributed by atoms with E-state index in [1.165, 1.54) is 24.3 Å². The summed E-state index contributed by atoms with van der Waals surface area (Å²) in [5.41, 5.74) is -1.58. The van der Waals surface area contributed by atoms with E-state index in [4.69, 9.17) is 23.7 Å². The number of allylic oxidation sites excluding steroid dienone is 2. The normalized spacial score (nSPS) is 19.6. The number of hydrogen-bond donors (Lipinski definition) is 3. The number of alkyl halides is 3. The predicted molar refractivity (Wildman–Crippen MR) is 166 cm³/mol. The van der Waals surface area contributed by atoms with Crippen LogP contribution in [0.25, 0.3) is 0 Å². The van der Waals surface area contributed by atoms with Crippen LogP contribution < -0.4 is 16.0 Å². The summed E-state index contributed by atoms with van der Waals surface area (Å²) in [5.74, 6) is -0.138. The number of ether oxygens (including phenoxy) is 5. The molecule has 1 heterocycles. The summed E-state index contributed by atoms with van der Waals surface area (Å²) in [5, 5.41) is 8.04. The third-order valence-electron chi connectivity index (χ3n) is 7.27. The minimum Gasteiger partial charge on any atom is -0.447 e. The van der Waals surface area contributed by atoms with Gasteiger partial charge in [0.25, 0.3) is 0 Å². The fraction of sp³-hybridized carbons (Fsp3) is 0.625. The first-order valence-electron chi connectivity index (χ1n) is 15.9. The van der Waals surface area contributed by atoms with Gasteiger partial charge in [-0.3, -0.25) is 9.79 Å². The van der Waals surface area contributed by atoms with Gasteiger partial charge in [-0.15, -0.1) is 0 Å². The predicted octanol–water partition coefficient (Wildman–Crippen LogP) is 4.32. The van der Waals surface area contributed by atoms with Crippen molar-refractivity contribution >= 4 is 24.3 Å². The molecule has 3 N–H and O–H groups in total. The molecular weight excluding hydrogens is 625 g/mol. The van der Waals surface area contributed by atoms with E-state index < -0.39 is 23.9 Å². The number of nitrogens with one attached hydrogen (secondary N) is 3. The van der Waals surface area contributed by atoms with Gasteiger partial charge < -0.3 is 39.6 Å². The third-order valence-corrected chi connectivity index (χ3v) is 7.27. The molecule has 12 nitrogen and oxygen atoms in total. The summed E-state index contributed by atoms with van der Waals surface area (Å²) in [6.07, 6.45) is 5.01. The lowest BCUT2D eigenvalue weighted by atomic mass is 9.96. The van der Waals surface area contributed by atoms with E-state index in [1.54, 1.807) is 0 Å². The van der Waals surface area contributed by atoms with Gasteiger partial charge in [0.05, 0.1) is 39.6 Å². The lowest BCUT2D eigenvalue weighted by Gasteiger charge is -2.18. The molecule has 0 fully saturated rings. The number of carbonyl (C=O) groups is 3. The molecule has 1 aliphatic heterocycles. The maximum atomic E-state index is 13.1. The van der Waals surface area contributed by atoms with E-state index in [2.05, 4.69) is 33.1 Å². The van der Waals surface area contributed by atoms with Crippen LogP contribution in [0.1, 0.15) is 56.1 Å². The van der Waals surface area contributed by atoms with Gasteiger partial charge >= 0.3 is 18.4 Å². The molecule has 0 saturated heterocycles. The van der Waals surface area contributed by atoms with Crippen molar-refractivity contribution in [1.29, 1.82) is 0 Å². The van der Waals surface area contributed by atoms with Crippen LogP contribution in [0.5, 0.6) is 0 Å². The molecule has 0 bridgehead atoms. The number of halogens is 3. The van der Waals surface area contributed by atoms with Crippen molar-refractivity contribution in [1.82, 2.24) is 16.0 Å². The van der Waals surface area contributed by atoms with Crippen LogP contribution >= 0.6 is 0 Å². The maximum absolute atomic E-state index is 13.1. The SMILES string of the molecule is O=C(CCOCCOCCOCCOC(=O)NCc1ccc(C2(C(F)(F)F)C=N2)cc1)NCCCNC(=O)OC1CC/C=C/CCC1. The molecule has 1 aromatic rings. The summed E-state index contributed by atoms with van der Waals surface area (Å²) in [6.45, 7) is 2.63. The zero-order valence-electron chi connectivity index (χ0n) is 26.5. The van der Waals surface area contributed by atoms with Gasteiger partial charge in [0.15, 0.2) is 0 Å². The Balaban J connectivity index is 1.05. The zero-order valence-corrected chi connectivity index (χ0v) is 26.5. The summed E-state index contributed by atoms with van der Waals surface area (Å²) in [7, 11) is 0. The largest absolute Gasteiger partial charge is 0.447 e. The fourth-order valence-electron chi connectivity index (χ4n) is 4.56. The Hall–Kier alpha value is -3.69. The number of amides is 3. The average Bonchev–Trinajstić information content (AvgIpc) is 3.85. The maximum Gasteiger partial charge on any atom is 0.422 e. The zero-order chi connectivity index (χ0) is 33.8. The van der Waals surface area contributed by atoms with Crippen molar-refractivity contribution in [3.8, 4) is 0 Å². The van der Waals surface area contributed by atoms with Crippen molar-refractivity contribution in [2.45, 2.75) is 69.3 Å². The smallest absolute Gasteiger partial charge is 0.422 e. The summed E-state index contributed by atoms with van der Waals surface area (Å²) < 4.78 is 65.9. The molecule has 2 unspecified atom stereocenters. The first kappa shape index (κ1) is 37.8. The number of rotatable bonds is 20. The number of benzene rings is 1. The minimum absolute atomic E-state index is 0.0169. The van der Waals surface area contributed by atoms with Gasteiger partial charge in [0.1, 0.15) is 12.7 Å². The summed E-state index contributed by atoms with van der Waals surface area (Å²) >= 11 is 0. The second kappa shape index (κ2) is 20.5. The highest BCUT2D eigenvalue weighted by Crippen LogP contribution is 2.47. The number of alkyl carbamates (subject to hydrolysis) is 2. The minimum atomic E-state index is -4.48. The molecule has 15 heteroatoms. The van der Waals surface area contributed by atoms with Gasteiger partial charge in [-0.25, -0.2) is 9.59 Å². The van der Waals surface area contributed by atoms with Gasteiger partial charge in [-0.2, -0.15) is 13.2 Å². The van der Waals surface area contributed by atoms with Gasteiger partial charge in [-0.05, 0) is 49.7 Å². The van der Waals surface area contributed by atoms with Crippen LogP contribution in [0.2, 0.25) is 0 Å². The van der Waals surface area contributed by atoms with Crippen LogP contribution in [-0.2, 0) is 40.6 Å². The second-order valence-electron chi connectivity index (χ2n) is 10.9. The molecule has 0 aromatic heterocycles.